The lowest BCUT2D eigenvalue weighted by Gasteiger charge is -2.21. The molecule has 1 aliphatic rings. The van der Waals surface area contributed by atoms with Gasteiger partial charge in [-0.3, -0.25) is 9.69 Å². The molecular weight excluding hydrogens is 548 g/mol. The molecule has 0 aliphatic carbocycles. The largest absolute Gasteiger partial charge is 0.497 e. The zero-order valence-electron chi connectivity index (χ0n) is 22.5. The normalized spacial score (nSPS) is 15.2. The lowest BCUT2D eigenvalue weighted by Crippen LogP contribution is -2.32. The number of thiol groups is 1. The molecule has 1 amide bonds. The van der Waals surface area contributed by atoms with Gasteiger partial charge >= 0.3 is 0 Å². The van der Waals surface area contributed by atoms with Crippen LogP contribution in [-0.2, 0) is 15.7 Å². The molecular formula is C28H30N6O6S. The Labute approximate surface area is 238 Å². The number of ether oxygens (including phenoxy) is 2. The van der Waals surface area contributed by atoms with Gasteiger partial charge in [0.05, 0.1) is 43.6 Å². The quantitative estimate of drug-likeness (QED) is 0.207. The third-order valence-electron chi connectivity index (χ3n) is 6.52. The van der Waals surface area contributed by atoms with Gasteiger partial charge in [-0.1, -0.05) is 18.2 Å². The average Bonchev–Trinajstić information content (AvgIpc) is 3.37. The molecule has 1 atom stereocenters. The van der Waals surface area contributed by atoms with Crippen LogP contribution in [0.3, 0.4) is 0 Å². The van der Waals surface area contributed by atoms with Crippen LogP contribution in [0.4, 0.5) is 28.7 Å². The standard InChI is InChI=1S/C28H30N6O6S/c1-39-22-13-19(14-23(15-22)40-2)30-27-28(32-25-9-4-3-8-24(25)31-27)34(41(37)38)20-7-5-6-18(12-20)29-26(36)17-33-11-10-21(35)16-33/h3-9,12-15,21,35,41H,10-11,16-17H2,1-2H3,(H,29,36)(H,30,31)/t21-/m0/s1. The Hall–Kier alpha value is -4.46. The Morgan fingerprint density at radius 1 is 1.00 bits per heavy atom. The monoisotopic (exact) mass is 578 g/mol. The third kappa shape index (κ3) is 6.65. The molecule has 1 aromatic heterocycles. The Balaban J connectivity index is 1.51. The van der Waals surface area contributed by atoms with E-state index in [0.29, 0.717) is 53.4 Å². The molecule has 1 aliphatic heterocycles. The van der Waals surface area contributed by atoms with E-state index in [1.54, 1.807) is 60.7 Å². The predicted octanol–water partition coefficient (Wildman–Crippen LogP) is 3.06. The van der Waals surface area contributed by atoms with Gasteiger partial charge in [0.1, 0.15) is 11.5 Å². The van der Waals surface area contributed by atoms with Crippen molar-refractivity contribution in [2.45, 2.75) is 12.5 Å². The van der Waals surface area contributed by atoms with E-state index in [2.05, 4.69) is 20.6 Å². The molecule has 0 radical (unpaired) electrons. The molecule has 41 heavy (non-hydrogen) atoms. The SMILES string of the molecule is COc1cc(Nc2nc3ccccc3nc2N(c2cccc(NC(=O)CN3CC[C@H](O)C3)c2)[SH](=O)=O)cc(OC)c1. The molecule has 0 spiro atoms. The van der Waals surface area contributed by atoms with Crippen LogP contribution in [-0.4, -0.2) is 74.3 Å². The summed E-state index contributed by atoms with van der Waals surface area (Å²) in [6, 6.07) is 18.8. The van der Waals surface area contributed by atoms with E-state index in [-0.39, 0.29) is 29.8 Å². The zero-order chi connectivity index (χ0) is 28.9. The second kappa shape index (κ2) is 12.4. The van der Waals surface area contributed by atoms with E-state index in [0.717, 1.165) is 4.31 Å². The number of nitrogens with zero attached hydrogens (tertiary/aromatic N) is 4. The topological polar surface area (TPSA) is 146 Å². The number of fused-ring (bicyclic) bond motifs is 1. The molecule has 12 nitrogen and oxygen atoms in total. The molecule has 0 saturated carbocycles. The number of carbonyl (C=O) groups is 1. The Morgan fingerprint density at radius 3 is 2.34 bits per heavy atom. The number of benzene rings is 3. The Morgan fingerprint density at radius 2 is 1.71 bits per heavy atom. The number of hydrogen-bond acceptors (Lipinski definition) is 10. The molecule has 0 unspecified atom stereocenters. The van der Waals surface area contributed by atoms with Crippen molar-refractivity contribution < 1.29 is 27.8 Å². The number of anilines is 5. The van der Waals surface area contributed by atoms with Crippen LogP contribution in [0.15, 0.2) is 66.7 Å². The first-order valence-corrected chi connectivity index (χ1v) is 14.0. The molecule has 1 saturated heterocycles. The van der Waals surface area contributed by atoms with Gasteiger partial charge in [0.15, 0.2) is 11.6 Å². The van der Waals surface area contributed by atoms with E-state index >= 15 is 0 Å². The minimum atomic E-state index is -3.24. The first-order chi connectivity index (χ1) is 19.8. The first-order valence-electron chi connectivity index (χ1n) is 12.8. The van der Waals surface area contributed by atoms with Gasteiger partial charge in [0.2, 0.25) is 16.8 Å². The summed E-state index contributed by atoms with van der Waals surface area (Å²) in [5, 5.41) is 15.7. The second-order valence-electron chi connectivity index (χ2n) is 9.44. The fourth-order valence-corrected chi connectivity index (χ4v) is 5.21. The molecule has 13 heteroatoms. The fourth-order valence-electron chi connectivity index (χ4n) is 4.61. The van der Waals surface area contributed by atoms with Crippen molar-refractivity contribution in [3.63, 3.8) is 0 Å². The number of rotatable bonds is 10. The molecule has 214 valence electrons. The van der Waals surface area contributed by atoms with Crippen molar-refractivity contribution in [3.8, 4) is 11.5 Å². The molecule has 2 heterocycles. The highest BCUT2D eigenvalue weighted by molar-refractivity contribution is 7.74. The van der Waals surface area contributed by atoms with Crippen LogP contribution in [0.5, 0.6) is 11.5 Å². The minimum absolute atomic E-state index is 0.0381. The highest BCUT2D eigenvalue weighted by Crippen LogP contribution is 2.35. The van der Waals surface area contributed by atoms with Crippen LogP contribution in [0.1, 0.15) is 6.42 Å². The lowest BCUT2D eigenvalue weighted by atomic mass is 10.2. The number of β-amino-alcohol motifs (C(OH)–C–C–N with tert-alkyl or cyclic N) is 1. The van der Waals surface area contributed by atoms with Gasteiger partial charge in [-0.15, -0.1) is 0 Å². The van der Waals surface area contributed by atoms with E-state index < -0.39 is 17.0 Å². The summed E-state index contributed by atoms with van der Waals surface area (Å²) in [7, 11) is -0.174. The van der Waals surface area contributed by atoms with Crippen LogP contribution in [0, 0.1) is 0 Å². The molecule has 0 bridgehead atoms. The van der Waals surface area contributed by atoms with E-state index in [9.17, 15) is 18.3 Å². The van der Waals surface area contributed by atoms with Crippen molar-refractivity contribution in [1.29, 1.82) is 0 Å². The van der Waals surface area contributed by atoms with Crippen molar-refractivity contribution in [2.75, 3.05) is 48.8 Å². The molecule has 5 rings (SSSR count). The molecule has 1 fully saturated rings. The van der Waals surface area contributed by atoms with Gasteiger partial charge in [-0.05, 0) is 36.8 Å². The van der Waals surface area contributed by atoms with Crippen LogP contribution >= 0.6 is 0 Å². The molecule has 4 aromatic rings. The third-order valence-corrected chi connectivity index (χ3v) is 7.27. The number of amides is 1. The van der Waals surface area contributed by atoms with Gasteiger partial charge < -0.3 is 25.2 Å². The Kier molecular flexibility index (Phi) is 8.47. The highest BCUT2D eigenvalue weighted by Gasteiger charge is 2.23. The van der Waals surface area contributed by atoms with Crippen molar-refractivity contribution in [3.05, 3.63) is 66.7 Å². The smallest absolute Gasteiger partial charge is 0.238 e. The number of carbonyl (C=O) groups excluding carboxylic acids is 1. The lowest BCUT2D eigenvalue weighted by molar-refractivity contribution is -0.117. The molecule has 3 N–H and O–H groups in total. The fraction of sp³-hybridized carbons (Fsp3) is 0.250. The number of methoxy groups -OCH3 is 2. The van der Waals surface area contributed by atoms with Crippen LogP contribution < -0.4 is 24.4 Å². The summed E-state index contributed by atoms with van der Waals surface area (Å²) in [4.78, 5) is 23.9. The van der Waals surface area contributed by atoms with E-state index in [1.807, 2.05) is 11.0 Å². The summed E-state index contributed by atoms with van der Waals surface area (Å²) >= 11 is 0. The summed E-state index contributed by atoms with van der Waals surface area (Å²) in [5.41, 5.74) is 2.26. The van der Waals surface area contributed by atoms with Crippen molar-refractivity contribution >= 4 is 56.5 Å². The number of nitrogens with one attached hydrogen (secondary N) is 2. The van der Waals surface area contributed by atoms with Gasteiger partial charge in [0.25, 0.3) is 0 Å². The maximum Gasteiger partial charge on any atom is 0.238 e. The number of aliphatic hydroxyl groups excluding tert-OH is 1. The second-order valence-corrected chi connectivity index (χ2v) is 10.3. The van der Waals surface area contributed by atoms with E-state index in [4.69, 9.17) is 9.47 Å². The highest BCUT2D eigenvalue weighted by atomic mass is 32.2. The predicted molar refractivity (Wildman–Crippen MR) is 157 cm³/mol. The number of para-hydroxylation sites is 2. The van der Waals surface area contributed by atoms with Crippen LogP contribution in [0.2, 0.25) is 0 Å². The number of hydrogen-bond donors (Lipinski definition) is 4. The van der Waals surface area contributed by atoms with Crippen molar-refractivity contribution in [2.24, 2.45) is 0 Å². The summed E-state index contributed by atoms with van der Waals surface area (Å²) in [6.45, 7) is 1.19. The maximum atomic E-state index is 12.7. The van der Waals surface area contributed by atoms with Gasteiger partial charge in [-0.2, -0.15) is 0 Å². The summed E-state index contributed by atoms with van der Waals surface area (Å²) in [6.07, 6.45) is 0.192. The zero-order valence-corrected chi connectivity index (χ0v) is 23.4. The number of likely N-dealkylation sites (tertiary alicyclic amines) is 1. The molecule has 3 aromatic carbocycles. The maximum absolute atomic E-state index is 12.7. The van der Waals surface area contributed by atoms with Gasteiger partial charge in [-0.25, -0.2) is 22.7 Å². The number of aromatic nitrogens is 2. The van der Waals surface area contributed by atoms with Crippen LogP contribution in [0.25, 0.3) is 11.0 Å². The number of aliphatic hydroxyl groups is 1. The average molecular weight is 579 g/mol. The Bertz CT molecular complexity index is 1620. The van der Waals surface area contributed by atoms with E-state index in [1.165, 1.54) is 14.2 Å². The minimum Gasteiger partial charge on any atom is -0.497 e. The first kappa shape index (κ1) is 28.1. The van der Waals surface area contributed by atoms with Gasteiger partial charge in [0, 0.05) is 42.7 Å². The summed E-state index contributed by atoms with van der Waals surface area (Å²) < 4.78 is 37.3. The van der Waals surface area contributed by atoms with Crippen molar-refractivity contribution in [1.82, 2.24) is 14.9 Å². The summed E-state index contributed by atoms with van der Waals surface area (Å²) in [5.74, 6) is 1.01.